The smallest absolute Gasteiger partial charge is 0.321 e. The summed E-state index contributed by atoms with van der Waals surface area (Å²) in [7, 11) is -3.57. The summed E-state index contributed by atoms with van der Waals surface area (Å²) in [5, 5.41) is 2.11. The molecule has 1 aliphatic rings. The maximum absolute atomic E-state index is 13.0. The highest BCUT2D eigenvalue weighted by Crippen LogP contribution is 2.26. The van der Waals surface area contributed by atoms with Gasteiger partial charge in [0.05, 0.1) is 4.90 Å². The molecule has 1 fully saturated rings. The molecule has 1 aliphatic heterocycles. The molecule has 1 saturated heterocycles. The third-order valence-corrected chi connectivity index (χ3v) is 6.82. The topological polar surface area (TPSA) is 66.5 Å². The van der Waals surface area contributed by atoms with E-state index in [1.165, 1.54) is 17.0 Å². The molecule has 0 bridgehead atoms. The first-order valence-electron chi connectivity index (χ1n) is 8.73. The number of sulfone groups is 1. The second-order valence-electron chi connectivity index (χ2n) is 7.78. The van der Waals surface area contributed by atoms with E-state index in [1.807, 2.05) is 24.3 Å². The molecule has 5 nitrogen and oxygen atoms in total. The van der Waals surface area contributed by atoms with Gasteiger partial charge in [-0.15, -0.1) is 0 Å². The molecule has 2 aromatic carbocycles. The molecular formula is C20H23FN2O3S. The van der Waals surface area contributed by atoms with E-state index in [1.54, 1.807) is 0 Å². The van der Waals surface area contributed by atoms with Crippen molar-refractivity contribution >= 4 is 21.6 Å². The lowest BCUT2D eigenvalue weighted by molar-refractivity contribution is 0.182. The molecule has 3 rings (SSSR count). The molecule has 7 heteroatoms. The van der Waals surface area contributed by atoms with Crippen molar-refractivity contribution in [3.05, 3.63) is 59.9 Å². The number of anilines is 1. The Hall–Kier alpha value is -2.41. The standard InChI is InChI=1S/C20H23FN2O3S/c1-20(2,3)14-4-8-16(9-5-14)22-19(24)23-12-18(13-23)27(25,26)17-10-6-15(21)7-11-17/h4-11,18H,12-13H2,1-3H3,(H,22,24). The van der Waals surface area contributed by atoms with Crippen molar-refractivity contribution < 1.29 is 17.6 Å². The highest BCUT2D eigenvalue weighted by Gasteiger charge is 2.40. The number of nitrogens with zero attached hydrogens (tertiary/aromatic N) is 1. The minimum atomic E-state index is -3.57. The molecule has 0 spiro atoms. The van der Waals surface area contributed by atoms with Gasteiger partial charge in [-0.25, -0.2) is 17.6 Å². The van der Waals surface area contributed by atoms with Gasteiger partial charge in [0.25, 0.3) is 0 Å². The van der Waals surface area contributed by atoms with Crippen molar-refractivity contribution in [2.24, 2.45) is 0 Å². The van der Waals surface area contributed by atoms with E-state index in [4.69, 9.17) is 0 Å². The quantitative estimate of drug-likeness (QED) is 0.811. The fourth-order valence-corrected chi connectivity index (χ4v) is 4.53. The van der Waals surface area contributed by atoms with Gasteiger partial charge in [-0.2, -0.15) is 0 Å². The third-order valence-electron chi connectivity index (χ3n) is 4.72. The Morgan fingerprint density at radius 2 is 1.59 bits per heavy atom. The Bertz CT molecular complexity index is 927. The number of halogens is 1. The summed E-state index contributed by atoms with van der Waals surface area (Å²) in [4.78, 5) is 13.8. The Kier molecular flexibility index (Phi) is 4.99. The maximum atomic E-state index is 13.0. The molecule has 144 valence electrons. The second-order valence-corrected chi connectivity index (χ2v) is 10.0. The molecule has 0 aromatic heterocycles. The number of carbonyl (C=O) groups excluding carboxylic acids is 1. The summed E-state index contributed by atoms with van der Waals surface area (Å²) in [5.74, 6) is -0.485. The zero-order chi connectivity index (χ0) is 19.8. The van der Waals surface area contributed by atoms with Gasteiger partial charge in [0.1, 0.15) is 11.1 Å². The van der Waals surface area contributed by atoms with E-state index in [0.29, 0.717) is 5.69 Å². The lowest BCUT2D eigenvalue weighted by Gasteiger charge is -2.38. The van der Waals surface area contributed by atoms with Gasteiger partial charge in [-0.05, 0) is 47.4 Å². The van der Waals surface area contributed by atoms with Crippen LogP contribution in [0.2, 0.25) is 0 Å². The number of hydrogen-bond donors (Lipinski definition) is 1. The van der Waals surface area contributed by atoms with Crippen molar-refractivity contribution in [1.82, 2.24) is 4.90 Å². The van der Waals surface area contributed by atoms with Gasteiger partial charge < -0.3 is 10.2 Å². The summed E-state index contributed by atoms with van der Waals surface area (Å²) >= 11 is 0. The number of nitrogens with one attached hydrogen (secondary N) is 1. The molecule has 0 saturated carbocycles. The average molecular weight is 390 g/mol. The van der Waals surface area contributed by atoms with Crippen molar-refractivity contribution in [2.75, 3.05) is 18.4 Å². The van der Waals surface area contributed by atoms with Gasteiger partial charge in [0, 0.05) is 18.8 Å². The normalized spacial score (nSPS) is 15.3. The van der Waals surface area contributed by atoms with Crippen LogP contribution in [0, 0.1) is 5.82 Å². The van der Waals surface area contributed by atoms with E-state index in [-0.39, 0.29) is 29.4 Å². The summed E-state index contributed by atoms with van der Waals surface area (Å²) < 4.78 is 38.0. The van der Waals surface area contributed by atoms with Crippen molar-refractivity contribution in [3.63, 3.8) is 0 Å². The first kappa shape index (κ1) is 19.4. The summed E-state index contributed by atoms with van der Waals surface area (Å²) in [6.45, 7) is 6.57. The number of carbonyl (C=O) groups is 1. The summed E-state index contributed by atoms with van der Waals surface area (Å²) in [5.41, 5.74) is 1.86. The van der Waals surface area contributed by atoms with Crippen LogP contribution in [0.4, 0.5) is 14.9 Å². The predicted octanol–water partition coefficient (Wildman–Crippen LogP) is 3.81. The monoisotopic (exact) mass is 390 g/mol. The van der Waals surface area contributed by atoms with Crippen LogP contribution in [-0.2, 0) is 15.3 Å². The molecule has 2 aromatic rings. The Morgan fingerprint density at radius 3 is 2.11 bits per heavy atom. The molecule has 0 aliphatic carbocycles. The van der Waals surface area contributed by atoms with Crippen LogP contribution >= 0.6 is 0 Å². The van der Waals surface area contributed by atoms with Gasteiger partial charge in [-0.1, -0.05) is 32.9 Å². The maximum Gasteiger partial charge on any atom is 0.321 e. The number of urea groups is 1. The molecule has 0 atom stereocenters. The highest BCUT2D eigenvalue weighted by atomic mass is 32.2. The Labute approximate surface area is 159 Å². The van der Waals surface area contributed by atoms with Crippen LogP contribution in [0.25, 0.3) is 0 Å². The van der Waals surface area contributed by atoms with Crippen LogP contribution in [-0.4, -0.2) is 37.7 Å². The molecular weight excluding hydrogens is 367 g/mol. The molecule has 1 heterocycles. The first-order chi connectivity index (χ1) is 12.6. The van der Waals surface area contributed by atoms with Gasteiger partial charge >= 0.3 is 6.03 Å². The number of hydrogen-bond acceptors (Lipinski definition) is 3. The molecule has 0 unspecified atom stereocenters. The Morgan fingerprint density at radius 1 is 1.04 bits per heavy atom. The number of benzene rings is 2. The van der Waals surface area contributed by atoms with Crippen molar-refractivity contribution in [2.45, 2.75) is 36.3 Å². The van der Waals surface area contributed by atoms with E-state index in [2.05, 4.69) is 26.1 Å². The van der Waals surface area contributed by atoms with Crippen molar-refractivity contribution in [1.29, 1.82) is 0 Å². The van der Waals surface area contributed by atoms with E-state index < -0.39 is 20.9 Å². The lowest BCUT2D eigenvalue weighted by atomic mass is 9.87. The highest BCUT2D eigenvalue weighted by molar-refractivity contribution is 7.92. The van der Waals surface area contributed by atoms with Gasteiger partial charge in [0.2, 0.25) is 0 Å². The van der Waals surface area contributed by atoms with Gasteiger partial charge in [-0.3, -0.25) is 0 Å². The minimum Gasteiger partial charge on any atom is -0.322 e. The molecule has 1 N–H and O–H groups in total. The zero-order valence-electron chi connectivity index (χ0n) is 15.6. The summed E-state index contributed by atoms with van der Waals surface area (Å²) in [6.07, 6.45) is 0. The van der Waals surface area contributed by atoms with E-state index >= 15 is 0 Å². The lowest BCUT2D eigenvalue weighted by Crippen LogP contribution is -2.58. The molecule has 2 amide bonds. The number of rotatable bonds is 3. The second kappa shape index (κ2) is 6.96. The van der Waals surface area contributed by atoms with Gasteiger partial charge in [0.15, 0.2) is 9.84 Å². The van der Waals surface area contributed by atoms with E-state index in [0.717, 1.165) is 17.7 Å². The van der Waals surface area contributed by atoms with Crippen LogP contribution in [0.1, 0.15) is 26.3 Å². The van der Waals surface area contributed by atoms with Crippen LogP contribution < -0.4 is 5.32 Å². The van der Waals surface area contributed by atoms with E-state index in [9.17, 15) is 17.6 Å². The number of likely N-dealkylation sites (tertiary alicyclic amines) is 1. The fourth-order valence-electron chi connectivity index (χ4n) is 2.87. The fraction of sp³-hybridized carbons (Fsp3) is 0.350. The van der Waals surface area contributed by atoms with Crippen molar-refractivity contribution in [3.8, 4) is 0 Å². The predicted molar refractivity (Wildman–Crippen MR) is 103 cm³/mol. The Balaban J connectivity index is 1.59. The third kappa shape index (κ3) is 4.13. The SMILES string of the molecule is CC(C)(C)c1ccc(NC(=O)N2CC(S(=O)(=O)c3ccc(F)cc3)C2)cc1. The largest absolute Gasteiger partial charge is 0.322 e. The average Bonchev–Trinajstić information content (AvgIpc) is 2.53. The molecule has 27 heavy (non-hydrogen) atoms. The first-order valence-corrected chi connectivity index (χ1v) is 10.3. The van der Waals surface area contributed by atoms with Crippen LogP contribution in [0.3, 0.4) is 0 Å². The van der Waals surface area contributed by atoms with Crippen LogP contribution in [0.5, 0.6) is 0 Å². The number of amides is 2. The summed E-state index contributed by atoms with van der Waals surface area (Å²) in [6, 6.07) is 12.0. The minimum absolute atomic E-state index is 0.0297. The van der Waals surface area contributed by atoms with Crippen LogP contribution in [0.15, 0.2) is 53.4 Å². The molecule has 0 radical (unpaired) electrons. The zero-order valence-corrected chi connectivity index (χ0v) is 16.4.